The number of hydrogen-bond acceptors (Lipinski definition) is 4. The normalized spacial score (nSPS) is 9.86. The lowest BCUT2D eigenvalue weighted by Crippen LogP contribution is -2.00. The van der Waals surface area contributed by atoms with E-state index in [1.165, 1.54) is 13.2 Å². The van der Waals surface area contributed by atoms with Crippen LogP contribution in [-0.2, 0) is 4.74 Å². The van der Waals surface area contributed by atoms with Crippen molar-refractivity contribution in [2.45, 2.75) is 0 Å². The number of halogens is 1. The number of nitro benzene ring substituents is 1. The maximum absolute atomic E-state index is 10.6. The van der Waals surface area contributed by atoms with Crippen LogP contribution in [0.4, 0.5) is 5.69 Å². The molecule has 0 fully saturated rings. The van der Waals surface area contributed by atoms with Gasteiger partial charge in [-0.05, 0) is 34.7 Å². The van der Waals surface area contributed by atoms with Gasteiger partial charge in [-0.1, -0.05) is 0 Å². The summed E-state index contributed by atoms with van der Waals surface area (Å²) in [5, 5.41) is 10.6. The molecule has 5 nitrogen and oxygen atoms in total. The highest BCUT2D eigenvalue weighted by atomic mass is 127. The van der Waals surface area contributed by atoms with Crippen molar-refractivity contribution in [3.05, 3.63) is 31.9 Å². The van der Waals surface area contributed by atoms with E-state index in [-0.39, 0.29) is 12.5 Å². The molecule has 6 heteroatoms. The minimum absolute atomic E-state index is 0.0409. The molecule has 0 aliphatic heterocycles. The van der Waals surface area contributed by atoms with Crippen molar-refractivity contribution in [2.75, 3.05) is 13.9 Å². The molecule has 0 N–H and O–H groups in total. The third-order valence-corrected chi connectivity index (χ3v) is 2.37. The van der Waals surface area contributed by atoms with Crippen LogP contribution >= 0.6 is 22.6 Å². The van der Waals surface area contributed by atoms with Crippen molar-refractivity contribution < 1.29 is 14.4 Å². The van der Waals surface area contributed by atoms with Gasteiger partial charge in [-0.3, -0.25) is 10.1 Å². The van der Waals surface area contributed by atoms with Gasteiger partial charge < -0.3 is 9.47 Å². The first-order valence-electron chi connectivity index (χ1n) is 3.71. The molecule has 0 bridgehead atoms. The Kier molecular flexibility index (Phi) is 4.08. The van der Waals surface area contributed by atoms with Crippen molar-refractivity contribution in [1.82, 2.24) is 0 Å². The molecule has 1 aromatic rings. The van der Waals surface area contributed by atoms with Gasteiger partial charge >= 0.3 is 0 Å². The molecule has 0 unspecified atom stereocenters. The minimum atomic E-state index is -0.443. The standard InChI is InChI=1S/C8H8INO4/c1-13-5-14-6-2-3-7(9)8(4-6)10(11)12/h2-4H,5H2,1H3. The fourth-order valence-corrected chi connectivity index (χ4v) is 1.38. The molecule has 0 aromatic heterocycles. The Bertz CT molecular complexity index is 342. The lowest BCUT2D eigenvalue weighted by Gasteiger charge is -2.04. The molecular weight excluding hydrogens is 301 g/mol. The highest BCUT2D eigenvalue weighted by Gasteiger charge is 2.12. The zero-order chi connectivity index (χ0) is 10.6. The number of nitrogens with zero attached hydrogens (tertiary/aromatic N) is 1. The van der Waals surface area contributed by atoms with Gasteiger partial charge in [-0.15, -0.1) is 0 Å². The molecule has 76 valence electrons. The van der Waals surface area contributed by atoms with Gasteiger partial charge in [0, 0.05) is 7.11 Å². The van der Waals surface area contributed by atoms with Gasteiger partial charge in [0.2, 0.25) is 0 Å². The fourth-order valence-electron chi connectivity index (χ4n) is 0.849. The molecule has 0 aliphatic carbocycles. The largest absolute Gasteiger partial charge is 0.467 e. The van der Waals surface area contributed by atoms with E-state index in [1.54, 1.807) is 12.1 Å². The van der Waals surface area contributed by atoms with E-state index in [2.05, 4.69) is 4.74 Å². The van der Waals surface area contributed by atoms with Crippen molar-refractivity contribution in [2.24, 2.45) is 0 Å². The van der Waals surface area contributed by atoms with Crippen molar-refractivity contribution in [3.8, 4) is 5.75 Å². The first-order chi connectivity index (χ1) is 6.65. The number of nitro groups is 1. The van der Waals surface area contributed by atoms with Crippen LogP contribution in [0.15, 0.2) is 18.2 Å². The maximum Gasteiger partial charge on any atom is 0.286 e. The molecule has 0 atom stereocenters. The third kappa shape index (κ3) is 2.81. The van der Waals surface area contributed by atoms with Gasteiger partial charge in [-0.2, -0.15) is 0 Å². The molecule has 1 rings (SSSR count). The first-order valence-corrected chi connectivity index (χ1v) is 4.78. The van der Waals surface area contributed by atoms with Gasteiger partial charge in [0.1, 0.15) is 5.75 Å². The van der Waals surface area contributed by atoms with Crippen molar-refractivity contribution in [3.63, 3.8) is 0 Å². The summed E-state index contributed by atoms with van der Waals surface area (Å²) in [6.45, 7) is 0.0811. The van der Waals surface area contributed by atoms with E-state index in [0.29, 0.717) is 9.32 Å². The van der Waals surface area contributed by atoms with Crippen LogP contribution in [0.3, 0.4) is 0 Å². The number of rotatable bonds is 4. The van der Waals surface area contributed by atoms with E-state index in [9.17, 15) is 10.1 Å². The predicted molar refractivity (Wildman–Crippen MR) is 58.3 cm³/mol. The highest BCUT2D eigenvalue weighted by Crippen LogP contribution is 2.25. The van der Waals surface area contributed by atoms with Gasteiger partial charge in [0.05, 0.1) is 14.6 Å². The molecule has 0 saturated heterocycles. The van der Waals surface area contributed by atoms with Gasteiger partial charge in [-0.25, -0.2) is 0 Å². The zero-order valence-corrected chi connectivity index (χ0v) is 9.55. The summed E-state index contributed by atoms with van der Waals surface area (Å²) < 4.78 is 10.3. The minimum Gasteiger partial charge on any atom is -0.467 e. The van der Waals surface area contributed by atoms with Crippen molar-refractivity contribution >= 4 is 28.3 Å². The molecule has 0 amide bonds. The average molecular weight is 309 g/mol. The maximum atomic E-state index is 10.6. The second-order valence-electron chi connectivity index (χ2n) is 2.42. The monoisotopic (exact) mass is 309 g/mol. The predicted octanol–water partition coefficient (Wildman–Crippen LogP) is 2.18. The Morgan fingerprint density at radius 1 is 1.57 bits per heavy atom. The quantitative estimate of drug-likeness (QED) is 0.370. The molecule has 0 spiro atoms. The van der Waals surface area contributed by atoms with Gasteiger partial charge in [0.25, 0.3) is 5.69 Å². The topological polar surface area (TPSA) is 61.6 Å². The summed E-state index contributed by atoms with van der Waals surface area (Å²) in [6, 6.07) is 4.66. The summed E-state index contributed by atoms with van der Waals surface area (Å²) in [4.78, 5) is 10.1. The zero-order valence-electron chi connectivity index (χ0n) is 7.40. The van der Waals surface area contributed by atoms with E-state index in [1.807, 2.05) is 22.6 Å². The summed E-state index contributed by atoms with van der Waals surface area (Å²) in [5.41, 5.74) is 0.0409. The lowest BCUT2D eigenvalue weighted by molar-refractivity contribution is -0.385. The van der Waals surface area contributed by atoms with Crippen LogP contribution in [0.2, 0.25) is 0 Å². The summed E-state index contributed by atoms with van der Waals surface area (Å²) >= 11 is 1.90. The van der Waals surface area contributed by atoms with Crippen LogP contribution in [0.25, 0.3) is 0 Å². The third-order valence-electron chi connectivity index (χ3n) is 1.46. The second-order valence-corrected chi connectivity index (χ2v) is 3.58. The van der Waals surface area contributed by atoms with Crippen LogP contribution in [-0.4, -0.2) is 18.8 Å². The molecular formula is C8H8INO4. The van der Waals surface area contributed by atoms with E-state index in [4.69, 9.17) is 4.74 Å². The molecule has 0 saturated carbocycles. The Morgan fingerprint density at radius 3 is 2.86 bits per heavy atom. The van der Waals surface area contributed by atoms with Crippen LogP contribution in [0.5, 0.6) is 5.75 Å². The van der Waals surface area contributed by atoms with E-state index < -0.39 is 4.92 Å². The molecule has 0 radical (unpaired) electrons. The highest BCUT2D eigenvalue weighted by molar-refractivity contribution is 14.1. The van der Waals surface area contributed by atoms with E-state index >= 15 is 0 Å². The van der Waals surface area contributed by atoms with Crippen molar-refractivity contribution in [1.29, 1.82) is 0 Å². The Hall–Kier alpha value is -0.890. The Balaban J connectivity index is 2.89. The average Bonchev–Trinajstić information content (AvgIpc) is 2.16. The number of benzene rings is 1. The van der Waals surface area contributed by atoms with E-state index in [0.717, 1.165) is 0 Å². The fraction of sp³-hybridized carbons (Fsp3) is 0.250. The first kappa shape index (κ1) is 11.2. The molecule has 0 aliphatic rings. The summed E-state index contributed by atoms with van der Waals surface area (Å²) in [5.74, 6) is 0.430. The number of ether oxygens (including phenoxy) is 2. The lowest BCUT2D eigenvalue weighted by atomic mass is 10.3. The number of hydrogen-bond donors (Lipinski definition) is 0. The number of methoxy groups -OCH3 is 1. The van der Waals surface area contributed by atoms with Crippen LogP contribution in [0.1, 0.15) is 0 Å². The summed E-state index contributed by atoms with van der Waals surface area (Å²) in [7, 11) is 1.49. The van der Waals surface area contributed by atoms with Crippen LogP contribution < -0.4 is 4.74 Å². The molecule has 0 heterocycles. The second kappa shape index (κ2) is 5.11. The summed E-state index contributed by atoms with van der Waals surface area (Å²) in [6.07, 6.45) is 0. The van der Waals surface area contributed by atoms with Crippen LogP contribution in [0, 0.1) is 13.7 Å². The Morgan fingerprint density at radius 2 is 2.29 bits per heavy atom. The van der Waals surface area contributed by atoms with Gasteiger partial charge in [0.15, 0.2) is 6.79 Å². The molecule has 1 aromatic carbocycles. The SMILES string of the molecule is COCOc1ccc(I)c([N+](=O)[O-])c1. The molecule has 14 heavy (non-hydrogen) atoms. The Labute approximate surface area is 94.3 Å². The smallest absolute Gasteiger partial charge is 0.286 e.